The molecule has 3 atom stereocenters. The van der Waals surface area contributed by atoms with Crippen molar-refractivity contribution in [2.24, 2.45) is 11.7 Å². The third-order valence-electron chi connectivity index (χ3n) is 9.38. The molecule has 1 aromatic heterocycles. The Morgan fingerprint density at radius 1 is 0.944 bits per heavy atom. The van der Waals surface area contributed by atoms with Gasteiger partial charge < -0.3 is 46.4 Å². The van der Waals surface area contributed by atoms with Gasteiger partial charge in [-0.3, -0.25) is 28.8 Å². The fraction of sp³-hybridized carbons (Fsp3) is 0.538. The molecule has 1 saturated heterocycles. The molecule has 0 aliphatic carbocycles. The minimum Gasteiger partial charge on any atom is -0.469 e. The van der Waals surface area contributed by atoms with Crippen molar-refractivity contribution in [1.82, 2.24) is 31.5 Å². The lowest BCUT2D eigenvalue weighted by Crippen LogP contribution is -2.49. The molecule has 1 aromatic carbocycles. The molecule has 15 nitrogen and oxygen atoms in total. The molecule has 0 saturated carbocycles. The molecule has 294 valence electrons. The summed E-state index contributed by atoms with van der Waals surface area (Å²) < 4.78 is 10.8. The second kappa shape index (κ2) is 22.9. The Labute approximate surface area is 316 Å². The first kappa shape index (κ1) is 41.7. The number of hydrogen-bond acceptors (Lipinski definition) is 9. The van der Waals surface area contributed by atoms with Gasteiger partial charge in [0.2, 0.25) is 35.4 Å². The molecule has 15 heteroatoms. The van der Waals surface area contributed by atoms with Crippen LogP contribution in [0.15, 0.2) is 59.2 Å². The van der Waals surface area contributed by atoms with Crippen LogP contribution in [0.5, 0.6) is 0 Å². The van der Waals surface area contributed by atoms with E-state index in [1.807, 2.05) is 4.90 Å². The SMILES string of the molecule is NCCOCCNC(=O)[C@@H]1CCNC(=O)/C=C\CCCCC(=O)N2CCC[C@H](CC(=O)N[C@@H](Cc3ccco3)C(=O)NCc3ccccc3CC(=O)N1)C2. The van der Waals surface area contributed by atoms with Gasteiger partial charge >= 0.3 is 0 Å². The Morgan fingerprint density at radius 2 is 1.78 bits per heavy atom. The number of nitrogens with one attached hydrogen (secondary N) is 5. The van der Waals surface area contributed by atoms with Crippen LogP contribution in [-0.4, -0.2) is 98.4 Å². The van der Waals surface area contributed by atoms with Crippen LogP contribution in [0.1, 0.15) is 68.3 Å². The molecule has 2 aliphatic rings. The standard InChI is InChI=1S/C39H55N7O8/c40-16-21-53-22-18-42-38(51)32-15-17-41-34(47)13-3-1-2-4-14-37(50)46-19-7-9-28(27-46)23-35(48)45-33(25-31-12-8-20-54-31)39(52)43-26-30-11-6-5-10-29(30)24-36(49)44-32/h3,5-6,8,10-13,20,28,32-33H,1-2,4,7,9,14-19,21-27,40H2,(H,41,47)(H,42,51)(H,43,52)(H,44,49)(H,45,48)/b13-3-/t28-,32+,33+/m1/s1. The van der Waals surface area contributed by atoms with Gasteiger partial charge in [-0.15, -0.1) is 0 Å². The third-order valence-corrected chi connectivity index (χ3v) is 9.38. The summed E-state index contributed by atoms with van der Waals surface area (Å²) in [5.74, 6) is -1.31. The number of amides is 6. The molecule has 4 rings (SSSR count). The highest BCUT2D eigenvalue weighted by atomic mass is 16.5. The molecule has 1 fully saturated rings. The van der Waals surface area contributed by atoms with Crippen molar-refractivity contribution in [2.45, 2.75) is 82.8 Å². The van der Waals surface area contributed by atoms with Gasteiger partial charge in [-0.05, 0) is 73.8 Å². The van der Waals surface area contributed by atoms with Crippen molar-refractivity contribution in [1.29, 1.82) is 0 Å². The Kier molecular flexibility index (Phi) is 17.7. The number of carbonyl (C=O) groups is 6. The molecular weight excluding hydrogens is 694 g/mol. The zero-order valence-corrected chi connectivity index (χ0v) is 30.9. The third kappa shape index (κ3) is 14.8. The lowest BCUT2D eigenvalue weighted by Gasteiger charge is -2.33. The van der Waals surface area contributed by atoms with E-state index in [0.29, 0.717) is 62.4 Å². The predicted octanol–water partition coefficient (Wildman–Crippen LogP) is 1.01. The molecule has 2 bridgehead atoms. The van der Waals surface area contributed by atoms with E-state index >= 15 is 0 Å². The number of allylic oxidation sites excluding steroid dienone is 1. The number of ether oxygens (including phenoxy) is 1. The second-order valence-corrected chi connectivity index (χ2v) is 13.7. The summed E-state index contributed by atoms with van der Waals surface area (Å²) in [4.78, 5) is 80.7. The highest BCUT2D eigenvalue weighted by Gasteiger charge is 2.28. The molecular formula is C39H55N7O8. The first-order valence-electron chi connectivity index (χ1n) is 18.9. The van der Waals surface area contributed by atoms with Gasteiger partial charge in [0.15, 0.2) is 0 Å². The summed E-state index contributed by atoms with van der Waals surface area (Å²) in [6.07, 6.45) is 9.06. The normalized spacial score (nSPS) is 22.4. The molecule has 2 aromatic rings. The number of piperidine rings is 1. The number of nitrogens with zero attached hydrogens (tertiary/aromatic N) is 1. The monoisotopic (exact) mass is 749 g/mol. The highest BCUT2D eigenvalue weighted by molar-refractivity contribution is 5.90. The van der Waals surface area contributed by atoms with Crippen molar-refractivity contribution in [2.75, 3.05) is 45.9 Å². The number of furan rings is 1. The number of rotatable bonds is 8. The second-order valence-electron chi connectivity index (χ2n) is 13.7. The molecule has 6 amide bonds. The Hall–Kier alpha value is -5.02. The summed E-state index contributed by atoms with van der Waals surface area (Å²) in [5, 5.41) is 14.1. The average molecular weight is 750 g/mol. The highest BCUT2D eigenvalue weighted by Crippen LogP contribution is 2.21. The molecule has 0 radical (unpaired) electrons. The quantitative estimate of drug-likeness (QED) is 0.212. The average Bonchev–Trinajstić information content (AvgIpc) is 3.67. The number of fused-ring (bicyclic) bond motifs is 3. The van der Waals surface area contributed by atoms with Crippen LogP contribution in [-0.2, 0) is 52.9 Å². The number of nitrogens with two attached hydrogens (primary N) is 1. The number of hydrogen-bond donors (Lipinski definition) is 6. The molecule has 54 heavy (non-hydrogen) atoms. The van der Waals surface area contributed by atoms with Crippen LogP contribution in [0.4, 0.5) is 0 Å². The predicted molar refractivity (Wildman–Crippen MR) is 200 cm³/mol. The summed E-state index contributed by atoms with van der Waals surface area (Å²) in [6.45, 7) is 2.52. The number of benzene rings is 1. The first-order chi connectivity index (χ1) is 26.2. The van der Waals surface area contributed by atoms with E-state index in [1.165, 1.54) is 12.3 Å². The van der Waals surface area contributed by atoms with Gasteiger partial charge in [-0.1, -0.05) is 30.3 Å². The first-order valence-corrected chi connectivity index (χ1v) is 18.9. The van der Waals surface area contributed by atoms with Crippen LogP contribution < -0.4 is 32.3 Å². The van der Waals surface area contributed by atoms with Gasteiger partial charge in [-0.2, -0.15) is 0 Å². The van der Waals surface area contributed by atoms with E-state index in [2.05, 4.69) is 26.6 Å². The van der Waals surface area contributed by atoms with E-state index in [0.717, 1.165) is 19.3 Å². The van der Waals surface area contributed by atoms with Gasteiger partial charge in [0.1, 0.15) is 17.8 Å². The Bertz CT molecular complexity index is 1560. The van der Waals surface area contributed by atoms with Crippen molar-refractivity contribution >= 4 is 35.4 Å². The van der Waals surface area contributed by atoms with Crippen LogP contribution in [0.25, 0.3) is 0 Å². The molecule has 2 aliphatic heterocycles. The Morgan fingerprint density at radius 3 is 2.57 bits per heavy atom. The zero-order valence-electron chi connectivity index (χ0n) is 30.9. The van der Waals surface area contributed by atoms with Crippen molar-refractivity contribution in [3.8, 4) is 0 Å². The van der Waals surface area contributed by atoms with Crippen LogP contribution in [0, 0.1) is 5.92 Å². The van der Waals surface area contributed by atoms with E-state index < -0.39 is 29.8 Å². The summed E-state index contributed by atoms with van der Waals surface area (Å²) >= 11 is 0. The minimum atomic E-state index is -0.940. The summed E-state index contributed by atoms with van der Waals surface area (Å²) in [5.41, 5.74) is 6.78. The molecule has 3 heterocycles. The van der Waals surface area contributed by atoms with Gasteiger partial charge in [-0.25, -0.2) is 0 Å². The fourth-order valence-electron chi connectivity index (χ4n) is 6.55. The van der Waals surface area contributed by atoms with E-state index in [4.69, 9.17) is 14.9 Å². The fourth-order valence-corrected chi connectivity index (χ4v) is 6.55. The van der Waals surface area contributed by atoms with Crippen LogP contribution in [0.3, 0.4) is 0 Å². The molecule has 0 spiro atoms. The maximum absolute atomic E-state index is 13.6. The zero-order chi connectivity index (χ0) is 38.5. The van der Waals surface area contributed by atoms with Crippen molar-refractivity contribution in [3.63, 3.8) is 0 Å². The topological polar surface area (TPSA) is 214 Å². The maximum atomic E-state index is 13.6. The summed E-state index contributed by atoms with van der Waals surface area (Å²) in [6, 6.07) is 8.74. The van der Waals surface area contributed by atoms with Crippen LogP contribution in [0.2, 0.25) is 0 Å². The van der Waals surface area contributed by atoms with Gasteiger partial charge in [0, 0.05) is 58.5 Å². The van der Waals surface area contributed by atoms with Crippen molar-refractivity contribution < 1.29 is 37.9 Å². The maximum Gasteiger partial charge on any atom is 0.243 e. The van der Waals surface area contributed by atoms with E-state index in [-0.39, 0.29) is 75.6 Å². The lowest BCUT2D eigenvalue weighted by atomic mass is 9.93. The molecule has 7 N–H and O–H groups in total. The lowest BCUT2D eigenvalue weighted by molar-refractivity contribution is -0.134. The minimum absolute atomic E-state index is 0.0295. The number of carbonyl (C=O) groups excluding carboxylic acids is 6. The van der Waals surface area contributed by atoms with E-state index in [1.54, 1.807) is 42.5 Å². The molecule has 0 unspecified atom stereocenters. The Balaban J connectivity index is 1.49. The van der Waals surface area contributed by atoms with Gasteiger partial charge in [0.25, 0.3) is 0 Å². The largest absolute Gasteiger partial charge is 0.469 e. The summed E-state index contributed by atoms with van der Waals surface area (Å²) in [7, 11) is 0. The van der Waals surface area contributed by atoms with Crippen LogP contribution >= 0.6 is 0 Å². The smallest absolute Gasteiger partial charge is 0.243 e. The van der Waals surface area contributed by atoms with Crippen molar-refractivity contribution in [3.05, 3.63) is 71.7 Å². The van der Waals surface area contributed by atoms with Gasteiger partial charge in [0.05, 0.1) is 25.9 Å². The van der Waals surface area contributed by atoms with E-state index in [9.17, 15) is 28.8 Å².